The third-order valence-electron chi connectivity index (χ3n) is 3.58. The zero-order chi connectivity index (χ0) is 11.4. The largest absolute Gasteiger partial charge is 0.373 e. The molecule has 1 aliphatic carbocycles. The van der Waals surface area contributed by atoms with Crippen LogP contribution in [0, 0.1) is 11.8 Å². The Kier molecular flexibility index (Phi) is 4.36. The van der Waals surface area contributed by atoms with Crippen molar-refractivity contribution in [1.82, 2.24) is 4.90 Å². The van der Waals surface area contributed by atoms with Gasteiger partial charge in [0.25, 0.3) is 0 Å². The topological polar surface area (TPSA) is 29.5 Å². The smallest absolute Gasteiger partial charge is 0.155 e. The quantitative estimate of drug-likeness (QED) is 0.689. The minimum Gasteiger partial charge on any atom is -0.373 e. The lowest BCUT2D eigenvalue weighted by molar-refractivity contribution is -0.122. The number of nitrogens with zero attached hydrogens (tertiary/aromatic N) is 1. The van der Waals surface area contributed by atoms with Crippen molar-refractivity contribution in [2.75, 3.05) is 32.8 Å². The number of hydrogen-bond acceptors (Lipinski definition) is 3. The highest BCUT2D eigenvalue weighted by atomic mass is 16.5. The van der Waals surface area contributed by atoms with Crippen LogP contribution in [-0.2, 0) is 9.53 Å². The summed E-state index contributed by atoms with van der Waals surface area (Å²) < 4.78 is 5.40. The molecule has 0 atom stereocenters. The fourth-order valence-electron chi connectivity index (χ4n) is 2.37. The summed E-state index contributed by atoms with van der Waals surface area (Å²) in [6.45, 7) is 6.42. The van der Waals surface area contributed by atoms with Gasteiger partial charge in [-0.05, 0) is 57.5 Å². The van der Waals surface area contributed by atoms with Gasteiger partial charge in [-0.15, -0.1) is 0 Å². The first-order valence-corrected chi connectivity index (χ1v) is 6.53. The summed E-state index contributed by atoms with van der Waals surface area (Å²) >= 11 is 0. The highest BCUT2D eigenvalue weighted by molar-refractivity contribution is 5.76. The number of hydrogen-bond donors (Lipinski definition) is 0. The second-order valence-electron chi connectivity index (χ2n) is 5.40. The van der Waals surface area contributed by atoms with E-state index in [1.165, 1.54) is 45.3 Å². The minimum absolute atomic E-state index is 0.131. The van der Waals surface area contributed by atoms with Crippen LogP contribution in [0.4, 0.5) is 0 Å². The van der Waals surface area contributed by atoms with Crippen LogP contribution in [0.1, 0.15) is 32.6 Å². The number of piperidine rings is 1. The molecular weight excluding hydrogens is 202 g/mol. The minimum atomic E-state index is 0.131. The molecule has 0 N–H and O–H groups in total. The number of likely N-dealkylation sites (tertiary alicyclic amines) is 1. The summed E-state index contributed by atoms with van der Waals surface area (Å²) in [6.07, 6.45) is 5.37. The van der Waals surface area contributed by atoms with Gasteiger partial charge < -0.3 is 9.64 Å². The van der Waals surface area contributed by atoms with Crippen molar-refractivity contribution < 1.29 is 9.53 Å². The molecule has 3 nitrogen and oxygen atoms in total. The van der Waals surface area contributed by atoms with E-state index in [0.29, 0.717) is 12.5 Å². The van der Waals surface area contributed by atoms with Crippen LogP contribution in [0.3, 0.4) is 0 Å². The maximum absolute atomic E-state index is 10.7. The van der Waals surface area contributed by atoms with Gasteiger partial charge in [-0.3, -0.25) is 4.79 Å². The molecule has 2 aliphatic rings. The second-order valence-corrected chi connectivity index (χ2v) is 5.40. The Morgan fingerprint density at radius 2 is 1.88 bits per heavy atom. The van der Waals surface area contributed by atoms with E-state index < -0.39 is 0 Å². The number of carbonyl (C=O) groups is 1. The van der Waals surface area contributed by atoms with Crippen LogP contribution in [0.5, 0.6) is 0 Å². The van der Waals surface area contributed by atoms with Crippen molar-refractivity contribution in [1.29, 1.82) is 0 Å². The van der Waals surface area contributed by atoms with Crippen LogP contribution in [-0.4, -0.2) is 43.5 Å². The van der Waals surface area contributed by atoms with E-state index in [1.807, 2.05) is 0 Å². The average molecular weight is 225 g/mol. The van der Waals surface area contributed by atoms with Crippen molar-refractivity contribution in [2.24, 2.45) is 11.8 Å². The van der Waals surface area contributed by atoms with Crippen LogP contribution < -0.4 is 0 Å². The monoisotopic (exact) mass is 225 g/mol. The van der Waals surface area contributed by atoms with E-state index in [1.54, 1.807) is 6.92 Å². The van der Waals surface area contributed by atoms with Crippen molar-refractivity contribution in [3.8, 4) is 0 Å². The molecule has 16 heavy (non-hydrogen) atoms. The van der Waals surface area contributed by atoms with Crippen LogP contribution in [0.15, 0.2) is 0 Å². The third-order valence-corrected chi connectivity index (χ3v) is 3.58. The van der Waals surface area contributed by atoms with Gasteiger partial charge in [-0.2, -0.15) is 0 Å². The Morgan fingerprint density at radius 3 is 2.44 bits per heavy atom. The molecule has 3 heteroatoms. The molecule has 2 fully saturated rings. The summed E-state index contributed by atoms with van der Waals surface area (Å²) in [5.41, 5.74) is 0. The van der Waals surface area contributed by atoms with E-state index >= 15 is 0 Å². The lowest BCUT2D eigenvalue weighted by Crippen LogP contribution is -2.36. The first-order valence-electron chi connectivity index (χ1n) is 6.53. The summed E-state index contributed by atoms with van der Waals surface area (Å²) in [7, 11) is 0. The molecule has 0 spiro atoms. The number of ether oxygens (including phenoxy) is 1. The van der Waals surface area contributed by atoms with Gasteiger partial charge in [-0.25, -0.2) is 0 Å². The maximum Gasteiger partial charge on any atom is 0.155 e. The molecule has 92 valence electrons. The van der Waals surface area contributed by atoms with E-state index in [4.69, 9.17) is 4.74 Å². The Morgan fingerprint density at radius 1 is 1.19 bits per heavy atom. The van der Waals surface area contributed by atoms with Gasteiger partial charge in [0.1, 0.15) is 6.61 Å². The first kappa shape index (κ1) is 12.1. The Bertz CT molecular complexity index is 230. The van der Waals surface area contributed by atoms with E-state index in [0.717, 1.165) is 12.5 Å². The number of carbonyl (C=O) groups excluding carboxylic acids is 1. The molecule has 1 aliphatic heterocycles. The van der Waals surface area contributed by atoms with E-state index in [9.17, 15) is 4.79 Å². The molecule has 1 saturated heterocycles. The number of rotatable bonds is 6. The van der Waals surface area contributed by atoms with Crippen molar-refractivity contribution >= 4 is 5.78 Å². The molecule has 0 bridgehead atoms. The predicted molar refractivity (Wildman–Crippen MR) is 63.4 cm³/mol. The first-order chi connectivity index (χ1) is 7.74. The highest BCUT2D eigenvalue weighted by Gasteiger charge is 2.26. The van der Waals surface area contributed by atoms with Gasteiger partial charge in [0.2, 0.25) is 0 Å². The Hall–Kier alpha value is -0.410. The lowest BCUT2D eigenvalue weighted by atomic mass is 9.97. The standard InChI is InChI=1S/C13H23NO2/c1-11(15)9-16-10-13-4-6-14(7-5-13)8-12-2-3-12/h12-13H,2-10H2,1H3. The predicted octanol–water partition coefficient (Wildman–Crippen LogP) is 1.71. The number of ketones is 1. The van der Waals surface area contributed by atoms with Crippen molar-refractivity contribution in [3.05, 3.63) is 0 Å². The van der Waals surface area contributed by atoms with Crippen LogP contribution in [0.2, 0.25) is 0 Å². The zero-order valence-corrected chi connectivity index (χ0v) is 10.3. The summed E-state index contributed by atoms with van der Waals surface area (Å²) in [6, 6.07) is 0. The van der Waals surface area contributed by atoms with Crippen molar-refractivity contribution in [2.45, 2.75) is 32.6 Å². The molecule has 0 unspecified atom stereocenters. The summed E-state index contributed by atoms with van der Waals surface area (Å²) in [5.74, 6) is 1.81. The zero-order valence-electron chi connectivity index (χ0n) is 10.3. The fourth-order valence-corrected chi connectivity index (χ4v) is 2.37. The van der Waals surface area contributed by atoms with Gasteiger partial charge in [0.15, 0.2) is 5.78 Å². The maximum atomic E-state index is 10.7. The summed E-state index contributed by atoms with van der Waals surface area (Å²) in [5, 5.41) is 0. The molecule has 2 rings (SSSR count). The Labute approximate surface area is 98.1 Å². The number of Topliss-reactive ketones (excluding diaryl/α,β-unsaturated/α-hetero) is 1. The second kappa shape index (κ2) is 5.78. The van der Waals surface area contributed by atoms with Gasteiger partial charge in [0, 0.05) is 6.54 Å². The van der Waals surface area contributed by atoms with Crippen LogP contribution in [0.25, 0.3) is 0 Å². The van der Waals surface area contributed by atoms with Gasteiger partial charge in [-0.1, -0.05) is 0 Å². The molecule has 0 aromatic carbocycles. The normalized spacial score (nSPS) is 23.6. The highest BCUT2D eigenvalue weighted by Crippen LogP contribution is 2.31. The third kappa shape index (κ3) is 4.22. The average Bonchev–Trinajstić information content (AvgIpc) is 3.04. The Balaban J connectivity index is 1.55. The van der Waals surface area contributed by atoms with Crippen LogP contribution >= 0.6 is 0 Å². The molecule has 0 aromatic rings. The fraction of sp³-hybridized carbons (Fsp3) is 0.923. The van der Waals surface area contributed by atoms with E-state index in [-0.39, 0.29) is 5.78 Å². The SMILES string of the molecule is CC(=O)COCC1CCN(CC2CC2)CC1. The van der Waals surface area contributed by atoms with Crippen molar-refractivity contribution in [3.63, 3.8) is 0 Å². The molecule has 0 radical (unpaired) electrons. The van der Waals surface area contributed by atoms with E-state index in [2.05, 4.69) is 4.90 Å². The molecule has 0 amide bonds. The molecular formula is C13H23NO2. The molecule has 1 heterocycles. The molecule has 0 aromatic heterocycles. The lowest BCUT2D eigenvalue weighted by Gasteiger charge is -2.31. The summed E-state index contributed by atoms with van der Waals surface area (Å²) in [4.78, 5) is 13.3. The molecule has 1 saturated carbocycles. The van der Waals surface area contributed by atoms with Gasteiger partial charge >= 0.3 is 0 Å². The van der Waals surface area contributed by atoms with Gasteiger partial charge in [0.05, 0.1) is 6.61 Å².